The van der Waals surface area contributed by atoms with Gasteiger partial charge in [0.1, 0.15) is 12.3 Å². The zero-order chi connectivity index (χ0) is 14.9. The van der Waals surface area contributed by atoms with E-state index >= 15 is 0 Å². The van der Waals surface area contributed by atoms with E-state index in [-0.39, 0.29) is 17.8 Å². The van der Waals surface area contributed by atoms with Crippen LogP contribution in [0.1, 0.15) is 25.3 Å². The van der Waals surface area contributed by atoms with E-state index in [0.29, 0.717) is 12.0 Å². The second-order valence-corrected chi connectivity index (χ2v) is 7.13. The highest BCUT2D eigenvalue weighted by atomic mass is 35.5. The van der Waals surface area contributed by atoms with Gasteiger partial charge in [-0.05, 0) is 24.1 Å². The van der Waals surface area contributed by atoms with E-state index in [1.54, 1.807) is 4.90 Å². The van der Waals surface area contributed by atoms with Gasteiger partial charge in [0.15, 0.2) is 0 Å². The van der Waals surface area contributed by atoms with Crippen molar-refractivity contribution in [2.45, 2.75) is 31.2 Å². The first-order valence-electron chi connectivity index (χ1n) is 8.35. The fraction of sp³-hybridized carbons (Fsp3) is 0.421. The number of fused-ring (bicyclic) bond motifs is 2. The van der Waals surface area contributed by atoms with Crippen molar-refractivity contribution in [2.24, 2.45) is 5.92 Å². The molecule has 2 fully saturated rings. The van der Waals surface area contributed by atoms with Crippen LogP contribution in [0.4, 0.5) is 5.69 Å². The molecule has 2 unspecified atom stereocenters. The van der Waals surface area contributed by atoms with Crippen LogP contribution >= 0.6 is 0 Å². The Hall–Kier alpha value is -1.58. The van der Waals surface area contributed by atoms with Crippen molar-refractivity contribution >= 4 is 12.0 Å². The lowest BCUT2D eigenvalue weighted by Crippen LogP contribution is -3.16. The first-order chi connectivity index (χ1) is 10.8. The van der Waals surface area contributed by atoms with Crippen LogP contribution in [0.2, 0.25) is 0 Å². The Morgan fingerprint density at radius 3 is 2.96 bits per heavy atom. The summed E-state index contributed by atoms with van der Waals surface area (Å²) in [6.45, 7) is 4.44. The van der Waals surface area contributed by atoms with Crippen LogP contribution < -0.4 is 22.6 Å². The van der Waals surface area contributed by atoms with Gasteiger partial charge in [0.25, 0.3) is 0 Å². The van der Waals surface area contributed by atoms with Gasteiger partial charge in [-0.3, -0.25) is 4.79 Å². The van der Waals surface area contributed by atoms with Gasteiger partial charge < -0.3 is 22.6 Å². The van der Waals surface area contributed by atoms with E-state index in [1.165, 1.54) is 29.1 Å². The fourth-order valence-corrected chi connectivity index (χ4v) is 5.67. The molecule has 0 radical (unpaired) electrons. The molecular formula is C19H21ClN2O. The van der Waals surface area contributed by atoms with Gasteiger partial charge in [-0.15, -0.1) is 0 Å². The SMILES string of the molecule is CC=C1C[NH+]2CCC34C(=C(C=O)[C@H]1C[C@H]23)Nc1ccccc14.[Cl-]. The lowest BCUT2D eigenvalue weighted by atomic mass is 9.62. The molecule has 2 saturated heterocycles. The number of hydrogen-bond donors (Lipinski definition) is 2. The summed E-state index contributed by atoms with van der Waals surface area (Å²) >= 11 is 0. The lowest BCUT2D eigenvalue weighted by molar-refractivity contribution is -0.914. The number of carbonyl (C=O) groups is 1. The third-order valence-corrected chi connectivity index (χ3v) is 6.55. The normalized spacial score (nSPS) is 37.8. The standard InChI is InChI=1S/C19H20N2O.ClH/c1-2-12-10-21-8-7-19-15-5-3-4-6-16(15)20-18(19)14(11-22)13(12)9-17(19)21;/h2-6,11,13,17,20H,7-10H2,1H3;1H/t13-,17-,19?;/m0./s1. The molecule has 4 heteroatoms. The minimum Gasteiger partial charge on any atom is -1.00 e. The summed E-state index contributed by atoms with van der Waals surface area (Å²) in [6.07, 6.45) is 5.66. The minimum absolute atomic E-state index is 0. The average molecular weight is 329 g/mol. The number of anilines is 1. The number of aldehydes is 1. The van der Waals surface area contributed by atoms with Gasteiger partial charge in [-0.1, -0.05) is 24.3 Å². The Labute approximate surface area is 142 Å². The molecule has 5 rings (SSSR count). The molecule has 1 spiro atoms. The van der Waals surface area contributed by atoms with Gasteiger partial charge in [0.05, 0.1) is 18.5 Å². The molecule has 0 saturated carbocycles. The second kappa shape index (κ2) is 4.96. The van der Waals surface area contributed by atoms with Crippen LogP contribution in [0.3, 0.4) is 0 Å². The molecule has 0 amide bonds. The monoisotopic (exact) mass is 328 g/mol. The van der Waals surface area contributed by atoms with Crippen LogP contribution in [0.15, 0.2) is 47.2 Å². The molecule has 4 aliphatic rings. The number of carbonyl (C=O) groups excluding carboxylic acids is 1. The number of quaternary nitrogens is 1. The fourth-order valence-electron chi connectivity index (χ4n) is 5.67. The van der Waals surface area contributed by atoms with E-state index in [9.17, 15) is 4.79 Å². The Balaban J connectivity index is 0.00000135. The van der Waals surface area contributed by atoms with E-state index in [1.807, 2.05) is 0 Å². The van der Waals surface area contributed by atoms with Crippen molar-refractivity contribution in [1.82, 2.24) is 0 Å². The number of rotatable bonds is 1. The molecule has 120 valence electrons. The van der Waals surface area contributed by atoms with Crippen molar-refractivity contribution in [3.05, 3.63) is 52.7 Å². The van der Waals surface area contributed by atoms with Crippen LogP contribution in [-0.2, 0) is 10.2 Å². The molecule has 0 aromatic heterocycles. The summed E-state index contributed by atoms with van der Waals surface area (Å²) in [7, 11) is 0. The summed E-state index contributed by atoms with van der Waals surface area (Å²) < 4.78 is 0. The molecule has 2 N–H and O–H groups in total. The molecule has 23 heavy (non-hydrogen) atoms. The topological polar surface area (TPSA) is 33.5 Å². The Morgan fingerprint density at radius 2 is 2.17 bits per heavy atom. The zero-order valence-electron chi connectivity index (χ0n) is 13.2. The Kier molecular flexibility index (Phi) is 3.23. The maximum absolute atomic E-state index is 12.0. The highest BCUT2D eigenvalue weighted by Gasteiger charge is 2.63. The van der Waals surface area contributed by atoms with E-state index < -0.39 is 0 Å². The number of piperidine rings is 1. The summed E-state index contributed by atoms with van der Waals surface area (Å²) in [5, 5.41) is 3.64. The molecule has 1 aliphatic carbocycles. The third kappa shape index (κ3) is 1.62. The maximum Gasteiger partial charge on any atom is 0.148 e. The number of hydrogen-bond acceptors (Lipinski definition) is 2. The number of benzene rings is 1. The molecule has 1 aromatic carbocycles. The second-order valence-electron chi connectivity index (χ2n) is 7.13. The smallest absolute Gasteiger partial charge is 0.148 e. The summed E-state index contributed by atoms with van der Waals surface area (Å²) in [6, 6.07) is 9.28. The molecule has 3 heterocycles. The van der Waals surface area contributed by atoms with Crippen molar-refractivity contribution in [3.8, 4) is 0 Å². The number of allylic oxidation sites excluding steroid dienone is 2. The van der Waals surface area contributed by atoms with Gasteiger partial charge in [0, 0.05) is 35.7 Å². The summed E-state index contributed by atoms with van der Waals surface area (Å²) in [5.41, 5.74) is 6.40. The molecular weight excluding hydrogens is 308 g/mol. The average Bonchev–Trinajstić information content (AvgIpc) is 3.11. The Morgan fingerprint density at radius 1 is 1.35 bits per heavy atom. The molecule has 3 nitrogen and oxygen atoms in total. The molecule has 2 bridgehead atoms. The van der Waals surface area contributed by atoms with Gasteiger partial charge in [0.2, 0.25) is 0 Å². The van der Waals surface area contributed by atoms with Crippen molar-refractivity contribution in [2.75, 3.05) is 18.4 Å². The lowest BCUT2D eigenvalue weighted by Gasteiger charge is -2.45. The third-order valence-electron chi connectivity index (χ3n) is 6.55. The van der Waals surface area contributed by atoms with Crippen LogP contribution in [0.25, 0.3) is 0 Å². The molecule has 3 aliphatic heterocycles. The number of nitrogens with one attached hydrogen (secondary N) is 2. The Bertz CT molecular complexity index is 753. The molecule has 4 atom stereocenters. The van der Waals surface area contributed by atoms with E-state index in [2.05, 4.69) is 42.6 Å². The van der Waals surface area contributed by atoms with Gasteiger partial charge >= 0.3 is 0 Å². The first-order valence-corrected chi connectivity index (χ1v) is 8.35. The quantitative estimate of drug-likeness (QED) is 0.483. The van der Waals surface area contributed by atoms with Crippen molar-refractivity contribution in [3.63, 3.8) is 0 Å². The molecule has 1 aromatic rings. The first kappa shape index (κ1) is 15.0. The van der Waals surface area contributed by atoms with Crippen molar-refractivity contribution in [1.29, 1.82) is 0 Å². The predicted molar refractivity (Wildman–Crippen MR) is 85.8 cm³/mol. The van der Waals surface area contributed by atoms with Crippen LogP contribution in [0.5, 0.6) is 0 Å². The maximum atomic E-state index is 12.0. The highest BCUT2D eigenvalue weighted by molar-refractivity contribution is 5.84. The van der Waals surface area contributed by atoms with E-state index in [4.69, 9.17) is 0 Å². The van der Waals surface area contributed by atoms with Gasteiger partial charge in [-0.2, -0.15) is 0 Å². The predicted octanol–water partition coefficient (Wildman–Crippen LogP) is -1.56. The van der Waals surface area contributed by atoms with Gasteiger partial charge in [-0.25, -0.2) is 0 Å². The summed E-state index contributed by atoms with van der Waals surface area (Å²) in [4.78, 5) is 13.7. The summed E-state index contributed by atoms with van der Waals surface area (Å²) in [5.74, 6) is 0.333. The highest BCUT2D eigenvalue weighted by Crippen LogP contribution is 2.56. The van der Waals surface area contributed by atoms with Crippen LogP contribution in [0, 0.1) is 5.92 Å². The van der Waals surface area contributed by atoms with Crippen LogP contribution in [-0.4, -0.2) is 25.4 Å². The number of para-hydroxylation sites is 1. The number of halogens is 1. The zero-order valence-corrected chi connectivity index (χ0v) is 14.0. The minimum atomic E-state index is 0. The van der Waals surface area contributed by atoms with E-state index in [0.717, 1.165) is 31.2 Å². The largest absolute Gasteiger partial charge is 1.00 e. The van der Waals surface area contributed by atoms with Crippen molar-refractivity contribution < 1.29 is 22.1 Å².